The fourth-order valence-electron chi connectivity index (χ4n) is 3.55. The number of benzene rings is 2. The van der Waals surface area contributed by atoms with Gasteiger partial charge in [0.2, 0.25) is 0 Å². The fraction of sp³-hybridized carbons (Fsp3) is 0.429. The standard InChI is InChI=1S/C21H28N2O2.ClH/c1-15(2)25-21-17(10-7-11-20(21)24-3)12-23-13-18(19(22)14-23)16-8-5-4-6-9-16;/h4-11,15,18-19H,12-14,22H2,1-3H3;1H/t18-,19+;/m0./s1. The highest BCUT2D eigenvalue weighted by Crippen LogP contribution is 2.34. The van der Waals surface area contributed by atoms with Crippen LogP contribution in [0.5, 0.6) is 11.5 Å². The molecule has 0 amide bonds. The van der Waals surface area contributed by atoms with E-state index in [0.717, 1.165) is 36.7 Å². The molecule has 0 radical (unpaired) electrons. The molecule has 2 N–H and O–H groups in total. The number of hydrogen-bond acceptors (Lipinski definition) is 4. The quantitative estimate of drug-likeness (QED) is 0.832. The molecule has 5 heteroatoms. The molecule has 1 fully saturated rings. The molecule has 0 aromatic heterocycles. The molecule has 1 heterocycles. The minimum atomic E-state index is 0. The average Bonchev–Trinajstić information content (AvgIpc) is 2.97. The van der Waals surface area contributed by atoms with Gasteiger partial charge < -0.3 is 15.2 Å². The summed E-state index contributed by atoms with van der Waals surface area (Å²) in [6.45, 7) is 6.73. The third-order valence-corrected chi connectivity index (χ3v) is 4.70. The van der Waals surface area contributed by atoms with E-state index < -0.39 is 0 Å². The first-order valence-electron chi connectivity index (χ1n) is 8.94. The van der Waals surface area contributed by atoms with E-state index in [1.165, 1.54) is 5.56 Å². The first-order chi connectivity index (χ1) is 12.1. The Kier molecular flexibility index (Phi) is 7.33. The molecule has 0 spiro atoms. The number of rotatable bonds is 6. The molecule has 142 valence electrons. The molecule has 2 aromatic carbocycles. The van der Waals surface area contributed by atoms with Gasteiger partial charge in [0.05, 0.1) is 13.2 Å². The lowest BCUT2D eigenvalue weighted by Crippen LogP contribution is -2.28. The normalized spacial score (nSPS) is 20.0. The maximum Gasteiger partial charge on any atom is 0.166 e. The Morgan fingerprint density at radius 2 is 1.81 bits per heavy atom. The summed E-state index contributed by atoms with van der Waals surface area (Å²) in [5, 5.41) is 0. The van der Waals surface area contributed by atoms with Gasteiger partial charge in [-0.25, -0.2) is 0 Å². The molecule has 3 rings (SSSR count). The van der Waals surface area contributed by atoms with Crippen LogP contribution in [-0.2, 0) is 6.54 Å². The van der Waals surface area contributed by atoms with Gasteiger partial charge in [0.15, 0.2) is 11.5 Å². The van der Waals surface area contributed by atoms with Crippen LogP contribution in [0.3, 0.4) is 0 Å². The van der Waals surface area contributed by atoms with Gasteiger partial charge >= 0.3 is 0 Å². The summed E-state index contributed by atoms with van der Waals surface area (Å²) < 4.78 is 11.5. The highest BCUT2D eigenvalue weighted by atomic mass is 35.5. The van der Waals surface area contributed by atoms with Crippen molar-refractivity contribution in [1.29, 1.82) is 0 Å². The second-order valence-corrected chi connectivity index (χ2v) is 6.99. The van der Waals surface area contributed by atoms with E-state index in [1.54, 1.807) is 7.11 Å². The smallest absolute Gasteiger partial charge is 0.166 e. The third kappa shape index (κ3) is 4.70. The number of nitrogens with zero attached hydrogens (tertiary/aromatic N) is 1. The monoisotopic (exact) mass is 376 g/mol. The van der Waals surface area contributed by atoms with Crippen molar-refractivity contribution in [1.82, 2.24) is 4.90 Å². The van der Waals surface area contributed by atoms with Gasteiger partial charge in [-0.15, -0.1) is 12.4 Å². The van der Waals surface area contributed by atoms with E-state index in [2.05, 4.69) is 35.2 Å². The number of likely N-dealkylation sites (tertiary alicyclic amines) is 1. The van der Waals surface area contributed by atoms with Crippen LogP contribution in [0.4, 0.5) is 0 Å². The Morgan fingerprint density at radius 3 is 2.46 bits per heavy atom. The van der Waals surface area contributed by atoms with Crippen LogP contribution in [0, 0.1) is 0 Å². The molecule has 26 heavy (non-hydrogen) atoms. The predicted octanol–water partition coefficient (Wildman–Crippen LogP) is 3.83. The van der Waals surface area contributed by atoms with Crippen molar-refractivity contribution < 1.29 is 9.47 Å². The molecular formula is C21H29ClN2O2. The number of hydrogen-bond donors (Lipinski definition) is 1. The molecule has 0 bridgehead atoms. The Balaban J connectivity index is 0.00000243. The van der Waals surface area contributed by atoms with Crippen LogP contribution in [0.15, 0.2) is 48.5 Å². The lowest BCUT2D eigenvalue weighted by Gasteiger charge is -2.21. The van der Waals surface area contributed by atoms with Gasteiger partial charge in [-0.1, -0.05) is 42.5 Å². The molecule has 2 atom stereocenters. The topological polar surface area (TPSA) is 47.7 Å². The van der Waals surface area contributed by atoms with Crippen LogP contribution < -0.4 is 15.2 Å². The highest BCUT2D eigenvalue weighted by molar-refractivity contribution is 5.85. The van der Waals surface area contributed by atoms with Gasteiger partial charge in [0.1, 0.15) is 0 Å². The maximum atomic E-state index is 6.43. The van der Waals surface area contributed by atoms with Crippen molar-refractivity contribution in [2.45, 2.75) is 38.5 Å². The average molecular weight is 377 g/mol. The van der Waals surface area contributed by atoms with Crippen molar-refractivity contribution in [3.8, 4) is 11.5 Å². The van der Waals surface area contributed by atoms with E-state index in [-0.39, 0.29) is 24.6 Å². The van der Waals surface area contributed by atoms with Crippen molar-refractivity contribution in [2.75, 3.05) is 20.2 Å². The Hall–Kier alpha value is -1.75. The largest absolute Gasteiger partial charge is 0.493 e. The van der Waals surface area contributed by atoms with Crippen LogP contribution in [-0.4, -0.2) is 37.2 Å². The number of ether oxygens (including phenoxy) is 2. The highest BCUT2D eigenvalue weighted by Gasteiger charge is 2.31. The van der Waals surface area contributed by atoms with Crippen LogP contribution in [0.25, 0.3) is 0 Å². The second-order valence-electron chi connectivity index (χ2n) is 6.99. The van der Waals surface area contributed by atoms with Gasteiger partial charge in [0.25, 0.3) is 0 Å². The Labute approximate surface area is 162 Å². The minimum absolute atomic E-state index is 0. The molecule has 0 unspecified atom stereocenters. The summed E-state index contributed by atoms with van der Waals surface area (Å²) in [5.74, 6) is 2.01. The van der Waals surface area contributed by atoms with Crippen LogP contribution in [0.1, 0.15) is 30.9 Å². The number of halogens is 1. The number of methoxy groups -OCH3 is 1. The van der Waals surface area contributed by atoms with Gasteiger partial charge in [-0.05, 0) is 25.5 Å². The van der Waals surface area contributed by atoms with Crippen LogP contribution >= 0.6 is 12.4 Å². The summed E-state index contributed by atoms with van der Waals surface area (Å²) in [5.41, 5.74) is 8.90. The van der Waals surface area contributed by atoms with Crippen molar-refractivity contribution in [3.63, 3.8) is 0 Å². The molecule has 2 aromatic rings. The van der Waals surface area contributed by atoms with Crippen LogP contribution in [0.2, 0.25) is 0 Å². The molecule has 1 aliphatic heterocycles. The molecule has 0 aliphatic carbocycles. The minimum Gasteiger partial charge on any atom is -0.493 e. The third-order valence-electron chi connectivity index (χ3n) is 4.70. The summed E-state index contributed by atoms with van der Waals surface area (Å²) >= 11 is 0. The van der Waals surface area contributed by atoms with E-state index in [0.29, 0.717) is 5.92 Å². The van der Waals surface area contributed by atoms with Crippen molar-refractivity contribution in [2.24, 2.45) is 5.73 Å². The van der Waals surface area contributed by atoms with E-state index in [1.807, 2.05) is 32.0 Å². The molecule has 0 saturated carbocycles. The lowest BCUT2D eigenvalue weighted by atomic mass is 9.95. The van der Waals surface area contributed by atoms with Gasteiger partial charge in [-0.3, -0.25) is 4.90 Å². The van der Waals surface area contributed by atoms with E-state index >= 15 is 0 Å². The van der Waals surface area contributed by atoms with Gasteiger partial charge in [-0.2, -0.15) is 0 Å². The first kappa shape index (κ1) is 20.6. The SMILES string of the molecule is COc1cccc(CN2C[C@@H](N)[C@H](c3ccccc3)C2)c1OC(C)C.Cl. The lowest BCUT2D eigenvalue weighted by molar-refractivity contribution is 0.222. The van der Waals surface area contributed by atoms with Crippen molar-refractivity contribution >= 4 is 12.4 Å². The molecular weight excluding hydrogens is 348 g/mol. The summed E-state index contributed by atoms with van der Waals surface area (Å²) in [7, 11) is 1.68. The van der Waals surface area contributed by atoms with Gasteiger partial charge in [0, 0.05) is 37.2 Å². The first-order valence-corrected chi connectivity index (χ1v) is 8.94. The second kappa shape index (κ2) is 9.26. The Morgan fingerprint density at radius 1 is 1.08 bits per heavy atom. The summed E-state index contributed by atoms with van der Waals surface area (Å²) in [6, 6.07) is 16.8. The number of para-hydroxylation sites is 1. The molecule has 1 saturated heterocycles. The maximum absolute atomic E-state index is 6.43. The predicted molar refractivity (Wildman–Crippen MR) is 108 cm³/mol. The van der Waals surface area contributed by atoms with E-state index in [4.69, 9.17) is 15.2 Å². The van der Waals surface area contributed by atoms with E-state index in [9.17, 15) is 0 Å². The zero-order chi connectivity index (χ0) is 17.8. The molecule has 4 nitrogen and oxygen atoms in total. The fourth-order valence-corrected chi connectivity index (χ4v) is 3.55. The zero-order valence-corrected chi connectivity index (χ0v) is 16.5. The molecule has 1 aliphatic rings. The number of nitrogens with two attached hydrogens (primary N) is 1. The van der Waals surface area contributed by atoms with Crippen molar-refractivity contribution in [3.05, 3.63) is 59.7 Å². The summed E-state index contributed by atoms with van der Waals surface area (Å²) in [6.07, 6.45) is 0.105. The summed E-state index contributed by atoms with van der Waals surface area (Å²) in [4.78, 5) is 2.41. The Bertz CT molecular complexity index is 694. The zero-order valence-electron chi connectivity index (χ0n) is 15.7.